The molecule has 0 radical (unpaired) electrons. The van der Waals surface area contributed by atoms with Crippen molar-refractivity contribution in [2.75, 3.05) is 13.2 Å². The van der Waals surface area contributed by atoms with Gasteiger partial charge in [-0.15, -0.1) is 0 Å². The number of amides is 1. The van der Waals surface area contributed by atoms with E-state index in [1.165, 1.54) is 0 Å². The van der Waals surface area contributed by atoms with Crippen LogP contribution in [0, 0.1) is 0 Å². The van der Waals surface area contributed by atoms with E-state index >= 15 is 0 Å². The van der Waals surface area contributed by atoms with Crippen LogP contribution in [0.2, 0.25) is 0 Å². The van der Waals surface area contributed by atoms with Crippen molar-refractivity contribution in [3.63, 3.8) is 0 Å². The zero-order valence-corrected chi connectivity index (χ0v) is 15.3. The molecule has 28 heavy (non-hydrogen) atoms. The summed E-state index contributed by atoms with van der Waals surface area (Å²) >= 11 is 0. The predicted octanol–water partition coefficient (Wildman–Crippen LogP) is 3.57. The van der Waals surface area contributed by atoms with Crippen LogP contribution in [0.25, 0.3) is 11.4 Å². The molecular weight excluding hydrogens is 358 g/mol. The van der Waals surface area contributed by atoms with Crippen LogP contribution in [-0.2, 0) is 4.79 Å². The van der Waals surface area contributed by atoms with E-state index in [0.29, 0.717) is 24.0 Å². The number of benzene rings is 2. The molecule has 1 fully saturated rings. The first-order valence-corrected chi connectivity index (χ1v) is 9.31. The zero-order valence-electron chi connectivity index (χ0n) is 15.3. The van der Waals surface area contributed by atoms with Crippen LogP contribution in [0.5, 0.6) is 11.5 Å². The van der Waals surface area contributed by atoms with Gasteiger partial charge >= 0.3 is 0 Å². The Morgan fingerprint density at radius 1 is 1.14 bits per heavy atom. The highest BCUT2D eigenvalue weighted by atomic mass is 16.5. The highest BCUT2D eigenvalue weighted by molar-refractivity contribution is 5.78. The number of hydrogen-bond acceptors (Lipinski definition) is 6. The van der Waals surface area contributed by atoms with Crippen molar-refractivity contribution < 1.29 is 19.2 Å². The average molecular weight is 379 g/mol. The number of phenols is 1. The molecule has 2 heterocycles. The van der Waals surface area contributed by atoms with E-state index in [1.54, 1.807) is 29.2 Å². The molecule has 0 saturated carbocycles. The Balaban J connectivity index is 1.47. The van der Waals surface area contributed by atoms with Gasteiger partial charge in [-0.3, -0.25) is 4.79 Å². The quantitative estimate of drug-likeness (QED) is 0.729. The van der Waals surface area contributed by atoms with Gasteiger partial charge in [0, 0.05) is 12.1 Å². The number of piperidine rings is 1. The Bertz CT molecular complexity index is 924. The molecule has 3 aromatic rings. The number of nitrogens with zero attached hydrogens (tertiary/aromatic N) is 3. The van der Waals surface area contributed by atoms with Crippen LogP contribution in [0.3, 0.4) is 0 Å². The highest BCUT2D eigenvalue weighted by Gasteiger charge is 2.32. The van der Waals surface area contributed by atoms with Crippen molar-refractivity contribution in [3.8, 4) is 22.9 Å². The number of phenolic OH excluding ortho intramolecular Hbond substituents is 1. The summed E-state index contributed by atoms with van der Waals surface area (Å²) in [7, 11) is 0. The molecule has 0 aliphatic carbocycles. The molecule has 7 nitrogen and oxygen atoms in total. The van der Waals surface area contributed by atoms with Gasteiger partial charge in [0.25, 0.3) is 5.91 Å². The molecular formula is C21H21N3O4. The lowest BCUT2D eigenvalue weighted by Crippen LogP contribution is -2.41. The first kappa shape index (κ1) is 18.0. The lowest BCUT2D eigenvalue weighted by atomic mass is 10.0. The second-order valence-corrected chi connectivity index (χ2v) is 6.70. The van der Waals surface area contributed by atoms with Gasteiger partial charge in [-0.05, 0) is 55.7 Å². The standard InChI is InChI=1S/C21H21N3O4/c25-16-11-9-15(10-12-16)20-22-21(28-23-20)18-8-4-5-13-24(18)19(26)14-27-17-6-2-1-3-7-17/h1-3,6-7,9-12,18,25H,4-5,8,13-14H2/t18-/m1/s1. The third-order valence-corrected chi connectivity index (χ3v) is 4.78. The summed E-state index contributed by atoms with van der Waals surface area (Å²) in [5.74, 6) is 1.61. The van der Waals surface area contributed by atoms with Crippen molar-refractivity contribution >= 4 is 5.91 Å². The summed E-state index contributed by atoms with van der Waals surface area (Å²) in [5, 5.41) is 13.5. The van der Waals surface area contributed by atoms with E-state index < -0.39 is 0 Å². The molecule has 2 aromatic carbocycles. The third-order valence-electron chi connectivity index (χ3n) is 4.78. The number of aromatic hydroxyl groups is 1. The van der Waals surface area contributed by atoms with Crippen LogP contribution >= 0.6 is 0 Å². The number of rotatable bonds is 5. The molecule has 0 bridgehead atoms. The van der Waals surface area contributed by atoms with E-state index in [0.717, 1.165) is 24.8 Å². The maximum Gasteiger partial charge on any atom is 0.261 e. The number of aromatic nitrogens is 2. The van der Waals surface area contributed by atoms with E-state index in [2.05, 4.69) is 10.1 Å². The van der Waals surface area contributed by atoms with Gasteiger partial charge in [0.1, 0.15) is 17.5 Å². The minimum absolute atomic E-state index is 0.0283. The van der Waals surface area contributed by atoms with Crippen LogP contribution < -0.4 is 4.74 Å². The lowest BCUT2D eigenvalue weighted by molar-refractivity contribution is -0.138. The maximum absolute atomic E-state index is 12.8. The van der Waals surface area contributed by atoms with Gasteiger partial charge < -0.3 is 19.3 Å². The van der Waals surface area contributed by atoms with Crippen molar-refractivity contribution in [2.24, 2.45) is 0 Å². The zero-order chi connectivity index (χ0) is 19.3. The number of likely N-dealkylation sites (tertiary alicyclic amines) is 1. The number of para-hydroxylation sites is 1. The Morgan fingerprint density at radius 3 is 2.71 bits per heavy atom. The maximum atomic E-state index is 12.8. The summed E-state index contributed by atoms with van der Waals surface area (Å²) in [6.07, 6.45) is 2.70. The summed E-state index contributed by atoms with van der Waals surface area (Å²) < 4.78 is 11.1. The second-order valence-electron chi connectivity index (χ2n) is 6.70. The molecule has 1 N–H and O–H groups in total. The van der Waals surface area contributed by atoms with Gasteiger partial charge in [-0.25, -0.2) is 0 Å². The number of carbonyl (C=O) groups is 1. The predicted molar refractivity (Wildman–Crippen MR) is 102 cm³/mol. The van der Waals surface area contributed by atoms with Gasteiger partial charge in [0.2, 0.25) is 11.7 Å². The van der Waals surface area contributed by atoms with Crippen molar-refractivity contribution in [3.05, 3.63) is 60.5 Å². The Morgan fingerprint density at radius 2 is 1.93 bits per heavy atom. The molecule has 144 valence electrons. The summed E-state index contributed by atoms with van der Waals surface area (Å²) in [5.41, 5.74) is 0.744. The Hall–Kier alpha value is -3.35. The van der Waals surface area contributed by atoms with Crippen molar-refractivity contribution in [1.82, 2.24) is 15.0 Å². The minimum Gasteiger partial charge on any atom is -0.508 e. The molecule has 1 saturated heterocycles. The third kappa shape index (κ3) is 3.98. The highest BCUT2D eigenvalue weighted by Crippen LogP contribution is 2.31. The second kappa shape index (κ2) is 8.12. The molecule has 4 rings (SSSR count). The number of hydrogen-bond donors (Lipinski definition) is 1. The Kier molecular flexibility index (Phi) is 5.23. The van der Waals surface area contributed by atoms with Crippen LogP contribution in [0.1, 0.15) is 31.2 Å². The topological polar surface area (TPSA) is 88.7 Å². The normalized spacial score (nSPS) is 16.7. The van der Waals surface area contributed by atoms with Gasteiger partial charge in [-0.1, -0.05) is 23.4 Å². The Labute approximate surface area is 162 Å². The minimum atomic E-state index is -0.251. The molecule has 7 heteroatoms. The smallest absolute Gasteiger partial charge is 0.261 e. The molecule has 1 atom stereocenters. The number of carbonyl (C=O) groups excluding carboxylic acids is 1. The molecule has 0 spiro atoms. The fraction of sp³-hybridized carbons (Fsp3) is 0.286. The van der Waals surface area contributed by atoms with E-state index in [-0.39, 0.29) is 24.3 Å². The van der Waals surface area contributed by atoms with Gasteiger partial charge in [0.15, 0.2) is 6.61 Å². The van der Waals surface area contributed by atoms with E-state index in [9.17, 15) is 9.90 Å². The van der Waals surface area contributed by atoms with Crippen LogP contribution in [0.15, 0.2) is 59.1 Å². The van der Waals surface area contributed by atoms with Crippen LogP contribution in [-0.4, -0.2) is 39.2 Å². The van der Waals surface area contributed by atoms with Crippen LogP contribution in [0.4, 0.5) is 0 Å². The summed E-state index contributed by atoms with van der Waals surface area (Å²) in [4.78, 5) is 19.0. The van der Waals surface area contributed by atoms with E-state index in [1.807, 2.05) is 30.3 Å². The fourth-order valence-electron chi connectivity index (χ4n) is 3.33. The first-order chi connectivity index (χ1) is 13.7. The number of ether oxygens (including phenoxy) is 1. The summed E-state index contributed by atoms with van der Waals surface area (Å²) in [6, 6.07) is 15.6. The van der Waals surface area contributed by atoms with Crippen molar-refractivity contribution in [2.45, 2.75) is 25.3 Å². The monoisotopic (exact) mass is 379 g/mol. The molecule has 1 amide bonds. The molecule has 1 aliphatic heterocycles. The lowest BCUT2D eigenvalue weighted by Gasteiger charge is -2.33. The molecule has 1 aromatic heterocycles. The van der Waals surface area contributed by atoms with Crippen molar-refractivity contribution in [1.29, 1.82) is 0 Å². The fourth-order valence-corrected chi connectivity index (χ4v) is 3.33. The van der Waals surface area contributed by atoms with E-state index in [4.69, 9.17) is 9.26 Å². The molecule has 0 unspecified atom stereocenters. The SMILES string of the molecule is O=C(COc1ccccc1)N1CCCC[C@@H]1c1nc(-c2ccc(O)cc2)no1. The van der Waals surface area contributed by atoms with Gasteiger partial charge in [0.05, 0.1) is 0 Å². The molecule has 1 aliphatic rings. The largest absolute Gasteiger partial charge is 0.508 e. The first-order valence-electron chi connectivity index (χ1n) is 9.31. The van der Waals surface area contributed by atoms with Gasteiger partial charge in [-0.2, -0.15) is 4.98 Å². The average Bonchev–Trinajstić information content (AvgIpc) is 3.23. The summed E-state index contributed by atoms with van der Waals surface area (Å²) in [6.45, 7) is 0.609.